The third kappa shape index (κ3) is 8.50. The van der Waals surface area contributed by atoms with Crippen LogP contribution in [-0.4, -0.2) is 67.3 Å². The summed E-state index contributed by atoms with van der Waals surface area (Å²) in [6.45, 7) is 32.0. The second-order valence-corrected chi connectivity index (χ2v) is 29.1. The fourth-order valence-electron chi connectivity index (χ4n) is 3.20. The lowest BCUT2D eigenvalue weighted by molar-refractivity contribution is -0.783. The third-order valence-corrected chi connectivity index (χ3v) is 22.3. The molecule has 1 aliphatic heterocycles. The second-order valence-electron chi connectivity index (χ2n) is 14.8. The van der Waals surface area contributed by atoms with Crippen LogP contribution < -0.4 is 0 Å². The van der Waals surface area contributed by atoms with Crippen LogP contribution in [0.3, 0.4) is 0 Å². The number of ether oxygens (including phenoxy) is 1. The molecule has 0 aliphatic carbocycles. The summed E-state index contributed by atoms with van der Waals surface area (Å²) in [5.41, 5.74) is 9.44. The van der Waals surface area contributed by atoms with Crippen LogP contribution in [0.25, 0.3) is 10.4 Å². The van der Waals surface area contributed by atoms with Gasteiger partial charge in [-0.2, -0.15) is 0 Å². The standard InChI is InChI=1S/C24H52N4O7Si3/c1-22(2,3)36(10,11)31-16-17-19(34-37(12,13)23(4,5)6)20(35-38(14,15)24(7,8)9)18(26-27-25)21(32-17)33-28(29)30/h17-21H,16H2,1-15H3/t17-,18-,19+,20-,21-/m1/s1. The molecule has 1 aliphatic rings. The minimum Gasteiger partial charge on any atom is -0.414 e. The largest absolute Gasteiger partial charge is 0.414 e. The molecule has 11 nitrogen and oxygen atoms in total. The van der Waals surface area contributed by atoms with Crippen LogP contribution in [0.2, 0.25) is 54.4 Å². The molecular formula is C24H52N4O7Si3. The van der Waals surface area contributed by atoms with E-state index in [-0.39, 0.29) is 21.7 Å². The summed E-state index contributed by atoms with van der Waals surface area (Å²) in [6, 6.07) is -1.13. The molecule has 14 heteroatoms. The molecule has 1 saturated heterocycles. The van der Waals surface area contributed by atoms with E-state index in [0.717, 1.165) is 0 Å². The highest BCUT2D eigenvalue weighted by Gasteiger charge is 2.55. The molecule has 0 aromatic carbocycles. The first-order valence-electron chi connectivity index (χ1n) is 13.3. The smallest absolute Gasteiger partial charge is 0.297 e. The van der Waals surface area contributed by atoms with Gasteiger partial charge >= 0.3 is 0 Å². The molecule has 0 aromatic heterocycles. The Kier molecular flexibility index (Phi) is 10.9. The molecular weight excluding hydrogens is 541 g/mol. The molecule has 1 fully saturated rings. The van der Waals surface area contributed by atoms with Gasteiger partial charge in [-0.3, -0.25) is 4.84 Å². The van der Waals surface area contributed by atoms with Crippen molar-refractivity contribution in [3.63, 3.8) is 0 Å². The molecule has 0 spiro atoms. The quantitative estimate of drug-likeness (QED) is 0.0643. The monoisotopic (exact) mass is 592 g/mol. The molecule has 0 unspecified atom stereocenters. The van der Waals surface area contributed by atoms with Gasteiger partial charge in [0.2, 0.25) is 6.29 Å². The maximum absolute atomic E-state index is 11.5. The zero-order valence-corrected chi connectivity index (χ0v) is 29.2. The SMILES string of the molecule is CC(C)(C)[Si](C)(C)OC[C@H]1O[C@H](O[N+](=O)[O-])[C@H](N=[N+]=[N-])[C@@H](O[Si](C)(C)C(C)(C)C)[C@H]1O[Si](C)(C)C(C)(C)C. The highest BCUT2D eigenvalue weighted by molar-refractivity contribution is 6.75. The summed E-state index contributed by atoms with van der Waals surface area (Å²) in [5, 5.41) is 14.1. The number of rotatable bonds is 10. The predicted octanol–water partition coefficient (Wildman–Crippen LogP) is 7.40. The lowest BCUT2D eigenvalue weighted by Crippen LogP contribution is -2.66. The van der Waals surface area contributed by atoms with Crippen LogP contribution in [0.5, 0.6) is 0 Å². The van der Waals surface area contributed by atoms with Gasteiger partial charge in [0, 0.05) is 4.91 Å². The summed E-state index contributed by atoms with van der Waals surface area (Å²) >= 11 is 0. The summed E-state index contributed by atoms with van der Waals surface area (Å²) < 4.78 is 26.5. The molecule has 0 N–H and O–H groups in total. The first-order valence-corrected chi connectivity index (χ1v) is 22.0. The molecule has 0 aromatic rings. The molecule has 1 rings (SSSR count). The van der Waals surface area contributed by atoms with Crippen LogP contribution in [0.15, 0.2) is 5.11 Å². The van der Waals surface area contributed by atoms with Gasteiger partial charge in [-0.1, -0.05) is 67.4 Å². The topological polar surface area (TPSA) is 138 Å². The normalized spacial score (nSPS) is 26.0. The van der Waals surface area contributed by atoms with Gasteiger partial charge in [-0.25, -0.2) is 0 Å². The zero-order chi connectivity index (χ0) is 30.1. The van der Waals surface area contributed by atoms with Crippen molar-refractivity contribution in [1.82, 2.24) is 0 Å². The third-order valence-electron chi connectivity index (χ3n) is 8.88. The van der Waals surface area contributed by atoms with Crippen molar-refractivity contribution in [2.24, 2.45) is 5.11 Å². The minimum atomic E-state index is -2.48. The van der Waals surface area contributed by atoms with E-state index in [0.29, 0.717) is 0 Å². The Morgan fingerprint density at radius 3 is 1.63 bits per heavy atom. The number of hydrogen-bond acceptors (Lipinski definition) is 8. The van der Waals surface area contributed by atoms with Crippen molar-refractivity contribution in [3.8, 4) is 0 Å². The van der Waals surface area contributed by atoms with Gasteiger partial charge in [0.25, 0.3) is 5.09 Å². The summed E-state index contributed by atoms with van der Waals surface area (Å²) in [6.07, 6.45) is -3.70. The van der Waals surface area contributed by atoms with Crippen molar-refractivity contribution in [2.75, 3.05) is 6.61 Å². The van der Waals surface area contributed by atoms with E-state index in [1.807, 2.05) is 0 Å². The molecule has 222 valence electrons. The maximum atomic E-state index is 11.5. The first kappa shape index (κ1) is 35.0. The van der Waals surface area contributed by atoms with Crippen molar-refractivity contribution < 1.29 is 27.9 Å². The molecule has 0 radical (unpaired) electrons. The van der Waals surface area contributed by atoms with E-state index in [2.05, 4.69) is 112 Å². The van der Waals surface area contributed by atoms with E-state index in [1.165, 1.54) is 0 Å². The van der Waals surface area contributed by atoms with E-state index >= 15 is 0 Å². The van der Waals surface area contributed by atoms with Crippen LogP contribution in [0.4, 0.5) is 0 Å². The Labute approximate surface area is 232 Å². The summed E-state index contributed by atoms with van der Waals surface area (Å²) in [4.78, 5) is 19.4. The second kappa shape index (κ2) is 11.9. The zero-order valence-electron chi connectivity index (χ0n) is 26.2. The molecule has 1 heterocycles. The summed E-state index contributed by atoms with van der Waals surface area (Å²) in [5.74, 6) is 0. The van der Waals surface area contributed by atoms with E-state index < -0.39 is 60.7 Å². The maximum Gasteiger partial charge on any atom is 0.297 e. The Hall–Kier alpha value is -0.999. The fraction of sp³-hybridized carbons (Fsp3) is 1.00. The Bertz CT molecular complexity index is 876. The van der Waals surface area contributed by atoms with Gasteiger partial charge in [0.1, 0.15) is 12.1 Å². The van der Waals surface area contributed by atoms with Crippen LogP contribution in [-0.2, 0) is 22.9 Å². The van der Waals surface area contributed by atoms with Crippen LogP contribution >= 0.6 is 0 Å². The Morgan fingerprint density at radius 2 is 1.26 bits per heavy atom. The van der Waals surface area contributed by atoms with Crippen molar-refractivity contribution in [1.29, 1.82) is 0 Å². The highest BCUT2D eigenvalue weighted by atomic mass is 28.4. The lowest BCUT2D eigenvalue weighted by Gasteiger charge is -2.52. The van der Waals surface area contributed by atoms with Crippen molar-refractivity contribution >= 4 is 25.0 Å². The van der Waals surface area contributed by atoms with Gasteiger partial charge in [-0.05, 0) is 59.9 Å². The predicted molar refractivity (Wildman–Crippen MR) is 157 cm³/mol. The van der Waals surface area contributed by atoms with Gasteiger partial charge < -0.3 is 18.0 Å². The van der Waals surface area contributed by atoms with Crippen molar-refractivity contribution in [3.05, 3.63) is 20.6 Å². The number of hydrogen-bond donors (Lipinski definition) is 0. The van der Waals surface area contributed by atoms with Crippen LogP contribution in [0, 0.1) is 10.1 Å². The highest BCUT2D eigenvalue weighted by Crippen LogP contribution is 2.44. The number of azide groups is 1. The molecule has 0 bridgehead atoms. The van der Waals surface area contributed by atoms with E-state index in [1.54, 1.807) is 0 Å². The average Bonchev–Trinajstić information content (AvgIpc) is 2.67. The van der Waals surface area contributed by atoms with Crippen LogP contribution in [0.1, 0.15) is 62.3 Å². The molecule has 5 atom stereocenters. The van der Waals surface area contributed by atoms with E-state index in [4.69, 9.17) is 22.9 Å². The lowest BCUT2D eigenvalue weighted by atomic mass is 9.98. The first-order chi connectivity index (χ1) is 16.8. The fourth-order valence-corrected chi connectivity index (χ4v) is 6.84. The molecule has 38 heavy (non-hydrogen) atoms. The Morgan fingerprint density at radius 1 is 0.842 bits per heavy atom. The summed E-state index contributed by atoms with van der Waals surface area (Å²) in [7, 11) is -7.10. The minimum absolute atomic E-state index is 0.0567. The molecule has 0 amide bonds. The Balaban J connectivity index is 3.74. The molecule has 0 saturated carbocycles. The van der Waals surface area contributed by atoms with Gasteiger partial charge in [0.05, 0.1) is 18.8 Å². The van der Waals surface area contributed by atoms with Gasteiger partial charge in [0.15, 0.2) is 25.0 Å². The van der Waals surface area contributed by atoms with Gasteiger partial charge in [-0.15, -0.1) is 10.1 Å². The van der Waals surface area contributed by atoms with E-state index in [9.17, 15) is 15.6 Å². The average molecular weight is 593 g/mol. The number of nitrogens with zero attached hydrogens (tertiary/aromatic N) is 4. The van der Waals surface area contributed by atoms with Crippen molar-refractivity contribution in [2.45, 2.75) is 147 Å².